The summed E-state index contributed by atoms with van der Waals surface area (Å²) in [6.07, 6.45) is 1.67. The summed E-state index contributed by atoms with van der Waals surface area (Å²) < 4.78 is 5.25. The van der Waals surface area contributed by atoms with Crippen LogP contribution in [0, 0.1) is 0 Å². The maximum absolute atomic E-state index is 12.9. The van der Waals surface area contributed by atoms with Gasteiger partial charge in [0.2, 0.25) is 0 Å². The number of carbonyl (C=O) groups excluding carboxylic acids is 1. The van der Waals surface area contributed by atoms with Gasteiger partial charge in [-0.05, 0) is 48.2 Å². The average molecular weight is 309 g/mol. The highest BCUT2D eigenvalue weighted by Gasteiger charge is 2.49. The van der Waals surface area contributed by atoms with Gasteiger partial charge in [0.1, 0.15) is 5.41 Å². The molecule has 3 heteroatoms. The number of fused-ring (bicyclic) bond motifs is 3. The molecule has 1 aliphatic carbocycles. The summed E-state index contributed by atoms with van der Waals surface area (Å²) >= 11 is 0. The van der Waals surface area contributed by atoms with Crippen LogP contribution in [-0.2, 0) is 14.9 Å². The van der Waals surface area contributed by atoms with E-state index >= 15 is 0 Å². The molecule has 2 aromatic carbocycles. The quantitative estimate of drug-likeness (QED) is 0.655. The third-order valence-corrected chi connectivity index (χ3v) is 4.75. The summed E-state index contributed by atoms with van der Waals surface area (Å²) in [5, 5.41) is 3.34. The molecule has 0 spiro atoms. The fourth-order valence-electron chi connectivity index (χ4n) is 3.75. The zero-order valence-electron chi connectivity index (χ0n) is 13.8. The van der Waals surface area contributed by atoms with Crippen molar-refractivity contribution in [3.8, 4) is 11.1 Å². The Morgan fingerprint density at radius 2 is 1.61 bits per heavy atom. The minimum atomic E-state index is -0.683. The lowest BCUT2D eigenvalue weighted by Gasteiger charge is -2.29. The number of benzene rings is 2. The Morgan fingerprint density at radius 1 is 1.04 bits per heavy atom. The summed E-state index contributed by atoms with van der Waals surface area (Å²) in [6, 6.07) is 16.4. The molecule has 0 saturated heterocycles. The molecule has 1 aliphatic rings. The van der Waals surface area contributed by atoms with E-state index in [2.05, 4.69) is 36.5 Å². The first-order chi connectivity index (χ1) is 11.3. The van der Waals surface area contributed by atoms with E-state index < -0.39 is 5.41 Å². The van der Waals surface area contributed by atoms with Crippen molar-refractivity contribution in [1.82, 2.24) is 5.32 Å². The van der Waals surface area contributed by atoms with E-state index in [9.17, 15) is 4.79 Å². The number of hydrogen-bond acceptors (Lipinski definition) is 3. The first-order valence-corrected chi connectivity index (χ1v) is 8.24. The van der Waals surface area contributed by atoms with Crippen LogP contribution in [-0.4, -0.2) is 26.2 Å². The molecule has 2 aromatic rings. The molecule has 120 valence electrons. The second-order valence-electron chi connectivity index (χ2n) is 5.95. The second kappa shape index (κ2) is 6.55. The number of rotatable bonds is 6. The predicted molar refractivity (Wildman–Crippen MR) is 92.5 cm³/mol. The third-order valence-electron chi connectivity index (χ3n) is 4.75. The van der Waals surface area contributed by atoms with Crippen molar-refractivity contribution in [1.29, 1.82) is 0 Å². The molecule has 1 N–H and O–H groups in total. The normalized spacial score (nSPS) is 14.2. The van der Waals surface area contributed by atoms with Gasteiger partial charge in [-0.15, -0.1) is 0 Å². The molecule has 0 saturated carbocycles. The standard InChI is InChI=1S/C20H23NO2/c1-3-21-14-8-13-20(19(22)23-2)17-11-6-4-9-15(17)16-10-5-7-12-18(16)20/h4-7,9-12,21H,3,8,13-14H2,1-2H3. The van der Waals surface area contributed by atoms with Crippen LogP contribution in [0.5, 0.6) is 0 Å². The summed E-state index contributed by atoms with van der Waals surface area (Å²) in [4.78, 5) is 12.9. The number of methoxy groups -OCH3 is 1. The van der Waals surface area contributed by atoms with Crippen LogP contribution in [0.3, 0.4) is 0 Å². The SMILES string of the molecule is CCNCCCC1(C(=O)OC)c2ccccc2-c2ccccc21. The largest absolute Gasteiger partial charge is 0.468 e. The number of esters is 1. The molecule has 0 unspecified atom stereocenters. The van der Waals surface area contributed by atoms with Gasteiger partial charge < -0.3 is 10.1 Å². The molecular formula is C20H23NO2. The van der Waals surface area contributed by atoms with Crippen LogP contribution >= 0.6 is 0 Å². The van der Waals surface area contributed by atoms with E-state index in [-0.39, 0.29) is 5.97 Å². The van der Waals surface area contributed by atoms with Crippen LogP contribution in [0.15, 0.2) is 48.5 Å². The topological polar surface area (TPSA) is 38.3 Å². The Hall–Kier alpha value is -2.13. The minimum absolute atomic E-state index is 0.161. The zero-order chi connectivity index (χ0) is 16.3. The number of hydrogen-bond donors (Lipinski definition) is 1. The van der Waals surface area contributed by atoms with Gasteiger partial charge in [-0.1, -0.05) is 55.5 Å². The Labute approximate surface area is 137 Å². The Bertz CT molecular complexity index is 663. The lowest BCUT2D eigenvalue weighted by atomic mass is 9.74. The van der Waals surface area contributed by atoms with E-state index in [0.717, 1.165) is 48.2 Å². The van der Waals surface area contributed by atoms with E-state index in [1.54, 1.807) is 0 Å². The van der Waals surface area contributed by atoms with Crippen molar-refractivity contribution < 1.29 is 9.53 Å². The highest BCUT2D eigenvalue weighted by Crippen LogP contribution is 2.51. The highest BCUT2D eigenvalue weighted by atomic mass is 16.5. The lowest BCUT2D eigenvalue weighted by molar-refractivity contribution is -0.146. The van der Waals surface area contributed by atoms with Crippen molar-refractivity contribution >= 4 is 5.97 Å². The van der Waals surface area contributed by atoms with Crippen molar-refractivity contribution in [2.75, 3.05) is 20.2 Å². The summed E-state index contributed by atoms with van der Waals surface area (Å²) in [7, 11) is 1.48. The molecule has 3 nitrogen and oxygen atoms in total. The molecule has 23 heavy (non-hydrogen) atoms. The zero-order valence-corrected chi connectivity index (χ0v) is 13.8. The molecule has 0 atom stereocenters. The van der Waals surface area contributed by atoms with Crippen LogP contribution in [0.25, 0.3) is 11.1 Å². The van der Waals surface area contributed by atoms with Crippen LogP contribution < -0.4 is 5.32 Å². The fraction of sp³-hybridized carbons (Fsp3) is 0.350. The molecule has 0 bridgehead atoms. The Kier molecular flexibility index (Phi) is 4.49. The van der Waals surface area contributed by atoms with Gasteiger partial charge in [0.05, 0.1) is 7.11 Å². The van der Waals surface area contributed by atoms with Gasteiger partial charge >= 0.3 is 5.97 Å². The Morgan fingerprint density at radius 3 is 2.13 bits per heavy atom. The van der Waals surface area contributed by atoms with Gasteiger partial charge in [0, 0.05) is 0 Å². The number of carbonyl (C=O) groups is 1. The number of nitrogens with one attached hydrogen (secondary N) is 1. The second-order valence-corrected chi connectivity index (χ2v) is 5.95. The maximum atomic E-state index is 12.9. The molecular weight excluding hydrogens is 286 g/mol. The third kappa shape index (κ3) is 2.45. The van der Waals surface area contributed by atoms with E-state index in [1.165, 1.54) is 7.11 Å². The molecule has 0 heterocycles. The van der Waals surface area contributed by atoms with Crippen molar-refractivity contribution in [3.05, 3.63) is 59.7 Å². The van der Waals surface area contributed by atoms with Crippen molar-refractivity contribution in [2.45, 2.75) is 25.2 Å². The summed E-state index contributed by atoms with van der Waals surface area (Å²) in [5.41, 5.74) is 3.76. The van der Waals surface area contributed by atoms with Crippen molar-refractivity contribution in [2.24, 2.45) is 0 Å². The lowest BCUT2D eigenvalue weighted by Crippen LogP contribution is -2.37. The molecule has 0 aromatic heterocycles. The molecule has 0 fully saturated rings. The first-order valence-electron chi connectivity index (χ1n) is 8.24. The first kappa shape index (κ1) is 15.8. The van der Waals surface area contributed by atoms with Crippen LogP contribution in [0.2, 0.25) is 0 Å². The van der Waals surface area contributed by atoms with Gasteiger partial charge in [-0.2, -0.15) is 0 Å². The van der Waals surface area contributed by atoms with Crippen LogP contribution in [0.4, 0.5) is 0 Å². The highest BCUT2D eigenvalue weighted by molar-refractivity contribution is 5.97. The maximum Gasteiger partial charge on any atom is 0.320 e. The average Bonchev–Trinajstić information content (AvgIpc) is 2.90. The molecule has 0 aliphatic heterocycles. The molecule has 0 amide bonds. The van der Waals surface area contributed by atoms with Crippen molar-refractivity contribution in [3.63, 3.8) is 0 Å². The number of ether oxygens (including phenoxy) is 1. The molecule has 3 rings (SSSR count). The van der Waals surface area contributed by atoms with E-state index in [0.29, 0.717) is 0 Å². The fourth-order valence-corrected chi connectivity index (χ4v) is 3.75. The summed E-state index contributed by atoms with van der Waals surface area (Å²) in [5.74, 6) is -0.161. The van der Waals surface area contributed by atoms with Gasteiger partial charge in [0.15, 0.2) is 0 Å². The van der Waals surface area contributed by atoms with Gasteiger partial charge in [-0.3, -0.25) is 4.79 Å². The van der Waals surface area contributed by atoms with Gasteiger partial charge in [-0.25, -0.2) is 0 Å². The predicted octanol–water partition coefficient (Wildman–Crippen LogP) is 3.52. The minimum Gasteiger partial charge on any atom is -0.468 e. The smallest absolute Gasteiger partial charge is 0.320 e. The van der Waals surface area contributed by atoms with E-state index in [1.807, 2.05) is 24.3 Å². The Balaban J connectivity index is 2.12. The van der Waals surface area contributed by atoms with Gasteiger partial charge in [0.25, 0.3) is 0 Å². The molecule has 0 radical (unpaired) electrons. The van der Waals surface area contributed by atoms with Crippen LogP contribution in [0.1, 0.15) is 30.9 Å². The summed E-state index contributed by atoms with van der Waals surface area (Å²) in [6.45, 7) is 3.94. The van der Waals surface area contributed by atoms with E-state index in [4.69, 9.17) is 4.74 Å². The monoisotopic (exact) mass is 309 g/mol.